The van der Waals surface area contributed by atoms with E-state index in [0.717, 1.165) is 12.8 Å². The Kier molecular flexibility index (Phi) is 6.84. The number of ether oxygens (including phenoxy) is 1. The summed E-state index contributed by atoms with van der Waals surface area (Å²) >= 11 is 0. The second-order valence-corrected chi connectivity index (χ2v) is 6.85. The highest BCUT2D eigenvalue weighted by Crippen LogP contribution is 2.23. The maximum absolute atomic E-state index is 13.6. The molecule has 0 saturated heterocycles. The van der Waals surface area contributed by atoms with Crippen molar-refractivity contribution in [3.63, 3.8) is 0 Å². The molecule has 0 heterocycles. The third-order valence-electron chi connectivity index (χ3n) is 3.43. The minimum absolute atomic E-state index is 0.417. The Balaban J connectivity index is 2.18. The van der Waals surface area contributed by atoms with E-state index in [9.17, 15) is 13.6 Å². The SMILES string of the molecule is CC(C)(C)OC(=O)NCC(F)(F)CNCC1CCCCC1. The van der Waals surface area contributed by atoms with E-state index in [1.54, 1.807) is 20.8 Å². The molecule has 0 aromatic carbocycles. The van der Waals surface area contributed by atoms with E-state index in [1.165, 1.54) is 19.3 Å². The van der Waals surface area contributed by atoms with Crippen LogP contribution in [-0.2, 0) is 4.74 Å². The second-order valence-electron chi connectivity index (χ2n) is 6.85. The first kappa shape index (κ1) is 18.1. The van der Waals surface area contributed by atoms with E-state index in [2.05, 4.69) is 10.6 Å². The number of carbonyl (C=O) groups is 1. The van der Waals surface area contributed by atoms with Gasteiger partial charge in [-0.25, -0.2) is 13.6 Å². The van der Waals surface area contributed by atoms with E-state index in [-0.39, 0.29) is 0 Å². The highest BCUT2D eigenvalue weighted by molar-refractivity contribution is 5.67. The van der Waals surface area contributed by atoms with Crippen LogP contribution >= 0.6 is 0 Å². The average molecular weight is 306 g/mol. The van der Waals surface area contributed by atoms with Crippen molar-refractivity contribution in [3.8, 4) is 0 Å². The molecule has 6 heteroatoms. The Morgan fingerprint density at radius 3 is 2.33 bits per heavy atom. The van der Waals surface area contributed by atoms with E-state index in [0.29, 0.717) is 12.5 Å². The molecule has 1 aliphatic rings. The first-order chi connectivity index (χ1) is 9.68. The largest absolute Gasteiger partial charge is 0.444 e. The Hall–Kier alpha value is -0.910. The summed E-state index contributed by atoms with van der Waals surface area (Å²) in [5, 5.41) is 4.94. The van der Waals surface area contributed by atoms with E-state index >= 15 is 0 Å². The summed E-state index contributed by atoms with van der Waals surface area (Å²) in [5.41, 5.74) is -0.682. The van der Waals surface area contributed by atoms with Crippen molar-refractivity contribution in [1.29, 1.82) is 0 Å². The zero-order chi connectivity index (χ0) is 15.9. The predicted octanol–water partition coefficient (Wildman–Crippen LogP) is 3.32. The molecule has 0 aromatic rings. The molecule has 0 aliphatic heterocycles. The minimum Gasteiger partial charge on any atom is -0.444 e. The smallest absolute Gasteiger partial charge is 0.407 e. The number of alkyl halides is 2. The first-order valence-electron chi connectivity index (χ1n) is 7.73. The first-order valence-corrected chi connectivity index (χ1v) is 7.73. The molecule has 1 aliphatic carbocycles. The highest BCUT2D eigenvalue weighted by atomic mass is 19.3. The number of carbonyl (C=O) groups excluding carboxylic acids is 1. The summed E-state index contributed by atoms with van der Waals surface area (Å²) in [6, 6.07) is 0. The standard InChI is InChI=1S/C15H28F2N2O2/c1-14(2,3)21-13(20)19-11-15(16,17)10-18-9-12-7-5-4-6-8-12/h12,18H,4-11H2,1-3H3,(H,19,20). The van der Waals surface area contributed by atoms with Gasteiger partial charge in [-0.3, -0.25) is 0 Å². The lowest BCUT2D eigenvalue weighted by Crippen LogP contribution is -2.45. The lowest BCUT2D eigenvalue weighted by molar-refractivity contribution is -0.00430. The van der Waals surface area contributed by atoms with Crippen molar-refractivity contribution in [2.24, 2.45) is 5.92 Å². The number of amides is 1. The molecular weight excluding hydrogens is 278 g/mol. The Labute approximate surface area is 126 Å². The van der Waals surface area contributed by atoms with Crippen molar-refractivity contribution in [1.82, 2.24) is 10.6 Å². The summed E-state index contributed by atoms with van der Waals surface area (Å²) < 4.78 is 32.2. The summed E-state index contributed by atoms with van der Waals surface area (Å²) in [7, 11) is 0. The van der Waals surface area contributed by atoms with Crippen LogP contribution in [0.25, 0.3) is 0 Å². The van der Waals surface area contributed by atoms with Crippen LogP contribution in [0.4, 0.5) is 13.6 Å². The van der Waals surface area contributed by atoms with Crippen molar-refractivity contribution < 1.29 is 18.3 Å². The molecule has 4 nitrogen and oxygen atoms in total. The minimum atomic E-state index is -2.97. The van der Waals surface area contributed by atoms with Gasteiger partial charge in [0.2, 0.25) is 0 Å². The number of nitrogens with one attached hydrogen (secondary N) is 2. The molecule has 0 atom stereocenters. The van der Waals surface area contributed by atoms with Crippen LogP contribution in [0.5, 0.6) is 0 Å². The molecule has 1 fully saturated rings. The number of hydrogen-bond acceptors (Lipinski definition) is 3. The average Bonchev–Trinajstić information content (AvgIpc) is 2.36. The van der Waals surface area contributed by atoms with Gasteiger partial charge in [0.05, 0.1) is 13.1 Å². The maximum Gasteiger partial charge on any atom is 0.407 e. The molecule has 1 saturated carbocycles. The summed E-state index contributed by atoms with van der Waals surface area (Å²) in [4.78, 5) is 11.3. The van der Waals surface area contributed by atoms with Crippen molar-refractivity contribution in [2.45, 2.75) is 64.4 Å². The Morgan fingerprint density at radius 1 is 1.14 bits per heavy atom. The van der Waals surface area contributed by atoms with Gasteiger partial charge < -0.3 is 15.4 Å². The van der Waals surface area contributed by atoms with Crippen LogP contribution in [0.2, 0.25) is 0 Å². The van der Waals surface area contributed by atoms with Crippen molar-refractivity contribution >= 4 is 6.09 Å². The molecule has 0 radical (unpaired) electrons. The molecule has 1 rings (SSSR count). The molecular formula is C15H28F2N2O2. The van der Waals surface area contributed by atoms with Gasteiger partial charge in [-0.2, -0.15) is 0 Å². The molecule has 0 spiro atoms. The third-order valence-corrected chi connectivity index (χ3v) is 3.43. The van der Waals surface area contributed by atoms with Crippen LogP contribution in [0.3, 0.4) is 0 Å². The van der Waals surface area contributed by atoms with E-state index < -0.39 is 30.7 Å². The maximum atomic E-state index is 13.6. The Morgan fingerprint density at radius 2 is 1.76 bits per heavy atom. The molecule has 124 valence electrons. The molecule has 1 amide bonds. The summed E-state index contributed by atoms with van der Waals surface area (Å²) in [6.07, 6.45) is 5.08. The monoisotopic (exact) mass is 306 g/mol. The zero-order valence-electron chi connectivity index (χ0n) is 13.3. The molecule has 0 bridgehead atoms. The van der Waals surface area contributed by atoms with Crippen molar-refractivity contribution in [3.05, 3.63) is 0 Å². The topological polar surface area (TPSA) is 50.4 Å². The van der Waals surface area contributed by atoms with Crippen LogP contribution in [0.15, 0.2) is 0 Å². The fourth-order valence-corrected chi connectivity index (χ4v) is 2.43. The van der Waals surface area contributed by atoms with Gasteiger partial charge in [0.1, 0.15) is 5.60 Å². The van der Waals surface area contributed by atoms with Crippen LogP contribution in [0, 0.1) is 5.92 Å². The molecule has 2 N–H and O–H groups in total. The summed E-state index contributed by atoms with van der Waals surface area (Å²) in [6.45, 7) is 4.57. The molecule has 0 aromatic heterocycles. The van der Waals surface area contributed by atoms with Crippen LogP contribution < -0.4 is 10.6 Å². The number of hydrogen-bond donors (Lipinski definition) is 2. The van der Waals surface area contributed by atoms with E-state index in [4.69, 9.17) is 4.74 Å². The van der Waals surface area contributed by atoms with Crippen LogP contribution in [0.1, 0.15) is 52.9 Å². The zero-order valence-corrected chi connectivity index (χ0v) is 13.3. The van der Waals surface area contributed by atoms with Gasteiger partial charge in [-0.05, 0) is 46.1 Å². The normalized spacial score (nSPS) is 17.6. The number of rotatable bonds is 6. The van der Waals surface area contributed by atoms with Gasteiger partial charge in [-0.15, -0.1) is 0 Å². The van der Waals surface area contributed by atoms with Gasteiger partial charge in [-0.1, -0.05) is 19.3 Å². The third kappa shape index (κ3) is 8.86. The quantitative estimate of drug-likeness (QED) is 0.791. The lowest BCUT2D eigenvalue weighted by atomic mass is 9.89. The number of alkyl carbamates (subject to hydrolysis) is 1. The van der Waals surface area contributed by atoms with Crippen molar-refractivity contribution in [2.75, 3.05) is 19.6 Å². The van der Waals surface area contributed by atoms with Gasteiger partial charge in [0, 0.05) is 0 Å². The molecule has 21 heavy (non-hydrogen) atoms. The van der Waals surface area contributed by atoms with Gasteiger partial charge in [0.15, 0.2) is 0 Å². The van der Waals surface area contributed by atoms with E-state index in [1.807, 2.05) is 0 Å². The van der Waals surface area contributed by atoms with Gasteiger partial charge in [0.25, 0.3) is 5.92 Å². The van der Waals surface area contributed by atoms with Gasteiger partial charge >= 0.3 is 6.09 Å². The highest BCUT2D eigenvalue weighted by Gasteiger charge is 2.30. The van der Waals surface area contributed by atoms with Crippen LogP contribution in [-0.4, -0.2) is 37.3 Å². The fourth-order valence-electron chi connectivity index (χ4n) is 2.43. The fraction of sp³-hybridized carbons (Fsp3) is 0.933. The molecule has 0 unspecified atom stereocenters. The Bertz CT molecular complexity index is 324. The lowest BCUT2D eigenvalue weighted by Gasteiger charge is -2.24. The summed E-state index contributed by atoms with van der Waals surface area (Å²) in [5.74, 6) is -2.46. The second kappa shape index (κ2) is 7.92. The number of halogens is 2. The predicted molar refractivity (Wildman–Crippen MR) is 78.6 cm³/mol.